The third-order valence-corrected chi connectivity index (χ3v) is 6.53. The SMILES string of the molecule is CCB([N-]C)/C(CC)=[C](/C)[Ge]([CH3])[CH3]. The molecule has 0 bridgehead atoms. The van der Waals surface area contributed by atoms with E-state index in [1.54, 1.807) is 9.88 Å². The average Bonchev–Trinajstić information content (AvgIpc) is 2.12. The second kappa shape index (κ2) is 6.72. The molecule has 0 unspecified atom stereocenters. The van der Waals surface area contributed by atoms with Crippen molar-refractivity contribution in [1.29, 1.82) is 0 Å². The Balaban J connectivity index is 4.73. The Morgan fingerprint density at radius 1 is 1.31 bits per heavy atom. The van der Waals surface area contributed by atoms with Crippen LogP contribution in [0.2, 0.25) is 17.8 Å². The van der Waals surface area contributed by atoms with Crippen molar-refractivity contribution < 1.29 is 0 Å². The van der Waals surface area contributed by atoms with Gasteiger partial charge in [0.25, 0.3) is 0 Å². The molecule has 13 heavy (non-hydrogen) atoms. The van der Waals surface area contributed by atoms with Crippen molar-refractivity contribution >= 4 is 21.2 Å². The number of hydrogen-bond donors (Lipinski definition) is 0. The molecule has 75 valence electrons. The van der Waals surface area contributed by atoms with E-state index in [0.717, 1.165) is 6.32 Å². The molecule has 0 N–H and O–H groups in total. The minimum absolute atomic E-state index is 0.493. The van der Waals surface area contributed by atoms with Gasteiger partial charge in [0.15, 0.2) is 0 Å². The van der Waals surface area contributed by atoms with Gasteiger partial charge in [0.1, 0.15) is 0 Å². The van der Waals surface area contributed by atoms with E-state index in [-0.39, 0.29) is 0 Å². The second-order valence-corrected chi connectivity index (χ2v) is 9.46. The van der Waals surface area contributed by atoms with Crippen LogP contribution in [0.3, 0.4) is 0 Å². The first-order chi connectivity index (χ1) is 6.08. The van der Waals surface area contributed by atoms with Crippen LogP contribution in [-0.2, 0) is 0 Å². The Kier molecular flexibility index (Phi) is 6.88. The quantitative estimate of drug-likeness (QED) is 0.652. The summed E-state index contributed by atoms with van der Waals surface area (Å²) in [4.78, 5) is 0. The zero-order chi connectivity index (χ0) is 10.4. The molecule has 0 fully saturated rings. The van der Waals surface area contributed by atoms with Crippen LogP contribution in [0.4, 0.5) is 0 Å². The summed E-state index contributed by atoms with van der Waals surface area (Å²) in [5.74, 6) is 4.85. The summed E-state index contributed by atoms with van der Waals surface area (Å²) < 4.78 is 1.69. The molecule has 1 nitrogen and oxygen atoms in total. The third kappa shape index (κ3) is 3.90. The molecular formula is C10H22BGeN-. The van der Waals surface area contributed by atoms with Crippen LogP contribution >= 0.6 is 0 Å². The summed E-state index contributed by atoms with van der Waals surface area (Å²) in [5.41, 5.74) is 1.62. The average molecular weight is 240 g/mol. The summed E-state index contributed by atoms with van der Waals surface area (Å²) in [7, 11) is 1.95. The predicted molar refractivity (Wildman–Crippen MR) is 66.0 cm³/mol. The summed E-state index contributed by atoms with van der Waals surface area (Å²) in [6.45, 7) is 7.30. The van der Waals surface area contributed by atoms with E-state index in [0.29, 0.717) is 6.85 Å². The Bertz CT molecular complexity index is 174. The summed E-state index contributed by atoms with van der Waals surface area (Å²) in [6.07, 6.45) is 2.34. The van der Waals surface area contributed by atoms with Gasteiger partial charge in [-0.1, -0.05) is 0 Å². The molecule has 0 saturated carbocycles. The van der Waals surface area contributed by atoms with Gasteiger partial charge in [-0.15, -0.1) is 0 Å². The first-order valence-electron chi connectivity index (χ1n) is 5.17. The molecule has 0 aromatic carbocycles. The molecule has 0 aromatic rings. The van der Waals surface area contributed by atoms with Crippen LogP contribution in [0.15, 0.2) is 9.88 Å². The molecular weight excluding hydrogens is 218 g/mol. The van der Waals surface area contributed by atoms with Gasteiger partial charge in [0, 0.05) is 0 Å². The zero-order valence-electron chi connectivity index (χ0n) is 9.94. The van der Waals surface area contributed by atoms with Crippen molar-refractivity contribution in [1.82, 2.24) is 0 Å². The fraction of sp³-hybridized carbons (Fsp3) is 0.800. The van der Waals surface area contributed by atoms with Crippen LogP contribution in [0.25, 0.3) is 5.23 Å². The Morgan fingerprint density at radius 3 is 2.08 bits per heavy atom. The van der Waals surface area contributed by atoms with Crippen LogP contribution in [0.1, 0.15) is 27.2 Å². The van der Waals surface area contributed by atoms with Crippen LogP contribution < -0.4 is 0 Å². The van der Waals surface area contributed by atoms with E-state index >= 15 is 0 Å². The van der Waals surface area contributed by atoms with Gasteiger partial charge in [-0.2, -0.15) is 0 Å². The van der Waals surface area contributed by atoms with Crippen molar-refractivity contribution in [3.8, 4) is 0 Å². The molecule has 0 aliphatic heterocycles. The number of hydrogen-bond acceptors (Lipinski definition) is 0. The van der Waals surface area contributed by atoms with Gasteiger partial charge in [-0.3, -0.25) is 0 Å². The van der Waals surface area contributed by atoms with Gasteiger partial charge in [-0.25, -0.2) is 0 Å². The zero-order valence-corrected chi connectivity index (χ0v) is 12.0. The Labute approximate surface area is 88.6 Å². The van der Waals surface area contributed by atoms with Crippen molar-refractivity contribution in [2.24, 2.45) is 0 Å². The number of allylic oxidation sites excluding steroid dienone is 2. The van der Waals surface area contributed by atoms with Gasteiger partial charge in [-0.05, 0) is 0 Å². The Hall–Kier alpha value is 0.308. The summed E-state index contributed by atoms with van der Waals surface area (Å²) >= 11 is -0.857. The van der Waals surface area contributed by atoms with Crippen molar-refractivity contribution in [2.45, 2.75) is 45.0 Å². The van der Waals surface area contributed by atoms with Crippen molar-refractivity contribution in [3.05, 3.63) is 15.1 Å². The van der Waals surface area contributed by atoms with Gasteiger partial charge >= 0.3 is 88.4 Å². The van der Waals surface area contributed by atoms with Crippen molar-refractivity contribution in [3.63, 3.8) is 0 Å². The monoisotopic (exact) mass is 241 g/mol. The van der Waals surface area contributed by atoms with E-state index in [1.807, 2.05) is 7.05 Å². The van der Waals surface area contributed by atoms with E-state index in [9.17, 15) is 0 Å². The maximum absolute atomic E-state index is 4.45. The van der Waals surface area contributed by atoms with Gasteiger partial charge in [0.2, 0.25) is 0 Å². The molecule has 0 heterocycles. The molecule has 0 rings (SSSR count). The fourth-order valence-corrected chi connectivity index (χ4v) is 3.72. The number of nitrogens with zero attached hydrogens (tertiary/aromatic N) is 1. The standard InChI is InChI=1S/C10H22BGeN/c1-7-10(9(3)12(4)5)11(8-2)13-6/h7-8H2,1-6H3/q-1/b10-9-. The fourth-order valence-electron chi connectivity index (χ4n) is 1.66. The van der Waals surface area contributed by atoms with E-state index in [4.69, 9.17) is 0 Å². The third-order valence-electron chi connectivity index (χ3n) is 2.71. The van der Waals surface area contributed by atoms with E-state index in [2.05, 4.69) is 37.5 Å². The molecule has 1 radical (unpaired) electrons. The maximum atomic E-state index is 4.45. The van der Waals surface area contributed by atoms with Crippen LogP contribution in [-0.4, -0.2) is 28.2 Å². The van der Waals surface area contributed by atoms with Crippen molar-refractivity contribution in [2.75, 3.05) is 7.05 Å². The first-order valence-corrected chi connectivity index (χ1v) is 10.4. The molecule has 0 aliphatic rings. The second-order valence-electron chi connectivity index (χ2n) is 3.69. The first kappa shape index (κ1) is 13.3. The van der Waals surface area contributed by atoms with Gasteiger partial charge in [0.05, 0.1) is 0 Å². The molecule has 0 amide bonds. The van der Waals surface area contributed by atoms with Crippen LogP contribution in [0.5, 0.6) is 0 Å². The summed E-state index contributed by atoms with van der Waals surface area (Å²) in [6, 6.07) is 0. The molecule has 0 saturated heterocycles. The van der Waals surface area contributed by atoms with Gasteiger partial charge < -0.3 is 0 Å². The van der Waals surface area contributed by atoms with E-state index in [1.165, 1.54) is 6.42 Å². The topological polar surface area (TPSA) is 14.1 Å². The minimum atomic E-state index is -0.857. The normalized spacial score (nSPS) is 13.2. The Morgan fingerprint density at radius 2 is 1.85 bits per heavy atom. The molecule has 0 atom stereocenters. The molecule has 0 spiro atoms. The molecule has 3 heteroatoms. The number of rotatable bonds is 5. The predicted octanol–water partition coefficient (Wildman–Crippen LogP) is 3.56. The van der Waals surface area contributed by atoms with E-state index < -0.39 is 14.3 Å². The molecule has 0 aromatic heterocycles. The van der Waals surface area contributed by atoms with Crippen LogP contribution in [0, 0.1) is 0 Å². The summed E-state index contributed by atoms with van der Waals surface area (Å²) in [5, 5.41) is 4.45. The molecule has 0 aliphatic carbocycles.